The minimum Gasteiger partial charge on any atom is -0.415 e. The summed E-state index contributed by atoms with van der Waals surface area (Å²) in [6, 6.07) is 3.79. The largest absolute Gasteiger partial charge is 0.460 e. The van der Waals surface area contributed by atoms with Gasteiger partial charge in [-0.05, 0) is 46.6 Å². The van der Waals surface area contributed by atoms with Crippen molar-refractivity contribution in [1.82, 2.24) is 10.3 Å². The molecular formula is C30H36BrFN4O12. The Kier molecular flexibility index (Phi) is 10.6. The summed E-state index contributed by atoms with van der Waals surface area (Å²) in [4.78, 5) is 65.3. The van der Waals surface area contributed by atoms with Gasteiger partial charge < -0.3 is 25.4 Å². The molecule has 2 amide bonds. The molecule has 262 valence electrons. The van der Waals surface area contributed by atoms with Gasteiger partial charge in [0.15, 0.2) is 5.78 Å². The number of Topliss-reactive ketones (excluding diaryl/α,β-unsaturated/α-hetero) is 2. The number of hydrogen-bond donors (Lipinski definition) is 6. The van der Waals surface area contributed by atoms with Crippen molar-refractivity contribution in [3.8, 4) is 5.75 Å². The number of rotatable bonds is 10. The van der Waals surface area contributed by atoms with Crippen LogP contribution in [0.5, 0.6) is 5.75 Å². The topological polar surface area (TPSA) is 238 Å². The molecule has 4 atom stereocenters. The first-order valence-electron chi connectivity index (χ1n) is 14.7. The number of nitrogens with two attached hydrogens (primary N) is 1. The second-order valence-electron chi connectivity index (χ2n) is 12.3. The van der Waals surface area contributed by atoms with Gasteiger partial charge in [0.2, 0.25) is 11.5 Å². The Labute approximate surface area is 282 Å². The second kappa shape index (κ2) is 13.7. The van der Waals surface area contributed by atoms with Crippen molar-refractivity contribution < 1.29 is 62.9 Å². The molecule has 1 aliphatic carbocycles. The van der Waals surface area contributed by atoms with Crippen LogP contribution in [0, 0.1) is 17.2 Å². The van der Waals surface area contributed by atoms with Crippen molar-refractivity contribution in [2.45, 2.75) is 77.3 Å². The number of hydrogen-bond acceptors (Lipinski definition) is 14. The Morgan fingerprint density at radius 3 is 2.52 bits per heavy atom. The minimum absolute atomic E-state index is 0.132. The highest BCUT2D eigenvalue weighted by atomic mass is 79.9. The van der Waals surface area contributed by atoms with Crippen LogP contribution in [0.25, 0.3) is 0 Å². The molecule has 2 aliphatic rings. The van der Waals surface area contributed by atoms with Gasteiger partial charge in [-0.2, -0.15) is 4.89 Å². The lowest BCUT2D eigenvalue weighted by molar-refractivity contribution is -0.528. The maximum Gasteiger partial charge on any atom is 0.460 e. The van der Waals surface area contributed by atoms with E-state index in [1.807, 2.05) is 0 Å². The molecule has 2 aromatic rings. The first kappa shape index (κ1) is 37.2. The average Bonchev–Trinajstić information content (AvgIpc) is 3.73. The number of pyridine rings is 1. The molecule has 1 saturated carbocycles. The molecule has 0 bridgehead atoms. The van der Waals surface area contributed by atoms with E-state index >= 15 is 4.39 Å². The summed E-state index contributed by atoms with van der Waals surface area (Å²) in [6.45, 7) is 5.99. The van der Waals surface area contributed by atoms with E-state index in [0.717, 1.165) is 12.1 Å². The molecule has 4 rings (SSSR count). The van der Waals surface area contributed by atoms with Crippen molar-refractivity contribution in [3.05, 3.63) is 51.9 Å². The first-order valence-corrected chi connectivity index (χ1v) is 15.5. The fourth-order valence-corrected chi connectivity index (χ4v) is 4.98. The van der Waals surface area contributed by atoms with Gasteiger partial charge in [-0.3, -0.25) is 30.3 Å². The predicted octanol–water partition coefficient (Wildman–Crippen LogP) is 2.30. The van der Waals surface area contributed by atoms with Gasteiger partial charge in [-0.25, -0.2) is 23.7 Å². The number of nitrogens with one attached hydrogen (secondary N) is 2. The summed E-state index contributed by atoms with van der Waals surface area (Å²) in [5.41, 5.74) is 0.949. The standard InChI is InChI=1S/C30H36BrFN4O12/c1-6-20(37)16-8-9-18(32)22(17-11-19(17)35-26(40)36-21-10-7-15(31)12-34-21)23(16)45-30(42,43)48-29(41)24(38)27(4,5)13-44-46-25(39)28(33,47-29)14(2)3/h7-10,12,14,17,19,41-43H,6,11,13,33H2,1-5H3,(H2,34,35,36,40)/t17-,19+,28+,29+/m1/s1. The molecule has 0 spiro atoms. The number of carbonyl (C=O) groups is 4. The third-order valence-electron chi connectivity index (χ3n) is 7.66. The van der Waals surface area contributed by atoms with E-state index in [0.29, 0.717) is 4.47 Å². The Morgan fingerprint density at radius 2 is 1.92 bits per heavy atom. The number of nitrogens with zero attached hydrogens (tertiary/aromatic N) is 1. The number of urea groups is 1. The van der Waals surface area contributed by atoms with Crippen molar-refractivity contribution in [2.24, 2.45) is 17.1 Å². The van der Waals surface area contributed by atoms with Gasteiger partial charge >= 0.3 is 24.1 Å². The molecule has 1 saturated heterocycles. The zero-order chi connectivity index (χ0) is 35.8. The van der Waals surface area contributed by atoms with Gasteiger partial charge in [0, 0.05) is 40.5 Å². The molecule has 7 N–H and O–H groups in total. The third kappa shape index (κ3) is 7.98. The molecule has 48 heavy (non-hydrogen) atoms. The van der Waals surface area contributed by atoms with Crippen molar-refractivity contribution in [3.63, 3.8) is 0 Å². The van der Waals surface area contributed by atoms with Gasteiger partial charge in [-0.1, -0.05) is 34.6 Å². The normalized spacial score (nSPS) is 25.8. The lowest BCUT2D eigenvalue weighted by Gasteiger charge is -2.40. The second-order valence-corrected chi connectivity index (χ2v) is 13.2. The Balaban J connectivity index is 1.67. The van der Waals surface area contributed by atoms with E-state index in [9.17, 15) is 34.5 Å². The lowest BCUT2D eigenvalue weighted by atomic mass is 9.87. The van der Waals surface area contributed by atoms with Crippen molar-refractivity contribution in [2.75, 3.05) is 11.9 Å². The maximum atomic E-state index is 15.5. The van der Waals surface area contributed by atoms with Gasteiger partial charge in [0.05, 0.1) is 11.0 Å². The highest BCUT2D eigenvalue weighted by Crippen LogP contribution is 2.48. The number of amides is 2. The van der Waals surface area contributed by atoms with Crippen LogP contribution < -0.4 is 21.1 Å². The van der Waals surface area contributed by atoms with Crippen LogP contribution in [0.3, 0.4) is 0 Å². The number of aliphatic hydroxyl groups is 3. The molecule has 0 radical (unpaired) electrons. The molecule has 16 nitrogen and oxygen atoms in total. The van der Waals surface area contributed by atoms with Crippen molar-refractivity contribution >= 4 is 45.3 Å². The summed E-state index contributed by atoms with van der Waals surface area (Å²) in [5.74, 6) is -10.5. The minimum atomic E-state index is -4.05. The predicted molar refractivity (Wildman–Crippen MR) is 164 cm³/mol. The summed E-state index contributed by atoms with van der Waals surface area (Å²) in [7, 11) is 0. The van der Waals surface area contributed by atoms with Crippen LogP contribution in [-0.4, -0.2) is 74.4 Å². The zero-order valence-electron chi connectivity index (χ0n) is 26.5. The molecule has 18 heteroatoms. The quantitative estimate of drug-likeness (QED) is 0.116. The number of aromatic nitrogens is 1. The lowest BCUT2D eigenvalue weighted by Crippen LogP contribution is -2.66. The van der Waals surface area contributed by atoms with E-state index < -0.39 is 82.9 Å². The number of benzene rings is 1. The SMILES string of the molecule is CCC(=O)c1ccc(F)c([C@@H]2C[C@@H]2NC(=O)Nc2ccc(Br)cn2)c1OC(O)(O)O[C@@]1(O)O[C@@](N)(C(C)C)C(=O)OOCC(C)(C)C1=O. The molecule has 1 aromatic carbocycles. The number of ether oxygens (including phenoxy) is 3. The molecule has 0 unspecified atom stereocenters. The number of anilines is 1. The molecule has 2 fully saturated rings. The van der Waals surface area contributed by atoms with Crippen LogP contribution >= 0.6 is 15.9 Å². The Morgan fingerprint density at radius 1 is 1.23 bits per heavy atom. The monoisotopic (exact) mass is 742 g/mol. The van der Waals surface area contributed by atoms with E-state index in [2.05, 4.69) is 36.4 Å². The fraction of sp³-hybridized carbons (Fsp3) is 0.500. The number of halogens is 2. The smallest absolute Gasteiger partial charge is 0.415 e. The summed E-state index contributed by atoms with van der Waals surface area (Å²) in [5, 5.41) is 38.5. The number of carbonyl (C=O) groups excluding carboxylic acids is 4. The highest BCUT2D eigenvalue weighted by molar-refractivity contribution is 9.10. The molecule has 2 heterocycles. The van der Waals surface area contributed by atoms with Gasteiger partial charge in [-0.15, -0.1) is 0 Å². The van der Waals surface area contributed by atoms with E-state index in [1.54, 1.807) is 6.07 Å². The summed E-state index contributed by atoms with van der Waals surface area (Å²) in [6.07, 6.45) is -2.58. The van der Waals surface area contributed by atoms with Crippen LogP contribution in [0.2, 0.25) is 0 Å². The molecular weight excluding hydrogens is 707 g/mol. The Bertz CT molecular complexity index is 1590. The van der Waals surface area contributed by atoms with Gasteiger partial charge in [0.25, 0.3) is 0 Å². The summed E-state index contributed by atoms with van der Waals surface area (Å²) < 4.78 is 31.7. The van der Waals surface area contributed by atoms with E-state index in [4.69, 9.17) is 24.8 Å². The molecule has 1 aromatic heterocycles. The third-order valence-corrected chi connectivity index (χ3v) is 8.13. The van der Waals surface area contributed by atoms with Crippen LogP contribution in [0.1, 0.15) is 69.3 Å². The van der Waals surface area contributed by atoms with Crippen LogP contribution in [0.4, 0.5) is 15.0 Å². The zero-order valence-corrected chi connectivity index (χ0v) is 28.1. The highest BCUT2D eigenvalue weighted by Gasteiger charge is 2.60. The molecule has 1 aliphatic heterocycles. The average molecular weight is 744 g/mol. The fourth-order valence-electron chi connectivity index (χ4n) is 4.75. The number of ketones is 2. The Hall–Kier alpha value is -3.62. The maximum absolute atomic E-state index is 15.5. The van der Waals surface area contributed by atoms with E-state index in [-0.39, 0.29) is 29.8 Å². The summed E-state index contributed by atoms with van der Waals surface area (Å²) >= 11 is 3.24. The van der Waals surface area contributed by atoms with Gasteiger partial charge in [0.1, 0.15) is 24.0 Å². The van der Waals surface area contributed by atoms with Crippen molar-refractivity contribution in [1.29, 1.82) is 0 Å². The van der Waals surface area contributed by atoms with Crippen LogP contribution in [-0.2, 0) is 28.8 Å². The van der Waals surface area contributed by atoms with E-state index in [1.165, 1.54) is 46.9 Å². The van der Waals surface area contributed by atoms with Crippen LogP contribution in [0.15, 0.2) is 34.9 Å². The first-order chi connectivity index (χ1) is 22.2.